The third kappa shape index (κ3) is 2.58. The first kappa shape index (κ1) is 10.2. The Morgan fingerprint density at radius 3 is 3.08 bits per heavy atom. The van der Waals surface area contributed by atoms with Gasteiger partial charge in [-0.2, -0.15) is 0 Å². The maximum atomic E-state index is 11.0. The highest BCUT2D eigenvalue weighted by molar-refractivity contribution is 14.1. The van der Waals surface area contributed by atoms with E-state index in [1.807, 2.05) is 0 Å². The second-order valence-electron chi connectivity index (χ2n) is 3.01. The lowest BCUT2D eigenvalue weighted by atomic mass is 10.1. The zero-order valence-electron chi connectivity index (χ0n) is 7.25. The van der Waals surface area contributed by atoms with Crippen molar-refractivity contribution in [1.29, 1.82) is 0 Å². The first-order valence-electron chi connectivity index (χ1n) is 4.14. The molecule has 1 aliphatic heterocycles. The highest BCUT2D eigenvalue weighted by Gasteiger charge is 2.25. The molecule has 4 heteroatoms. The Bertz CT molecular complexity index is 163. The van der Waals surface area contributed by atoms with Gasteiger partial charge in [0.05, 0.1) is 18.1 Å². The molecule has 12 heavy (non-hydrogen) atoms. The SMILES string of the molecule is COC(=O)CC1CCCN1CI. The first-order chi connectivity index (χ1) is 5.77. The van der Waals surface area contributed by atoms with Gasteiger partial charge in [-0.15, -0.1) is 0 Å². The average molecular weight is 283 g/mol. The molecule has 0 bridgehead atoms. The fraction of sp³-hybridized carbons (Fsp3) is 0.875. The molecule has 70 valence electrons. The van der Waals surface area contributed by atoms with Crippen molar-refractivity contribution >= 4 is 28.6 Å². The topological polar surface area (TPSA) is 29.5 Å². The monoisotopic (exact) mass is 283 g/mol. The second-order valence-corrected chi connectivity index (χ2v) is 3.69. The Morgan fingerprint density at radius 1 is 1.75 bits per heavy atom. The van der Waals surface area contributed by atoms with E-state index in [1.54, 1.807) is 0 Å². The number of rotatable bonds is 3. The predicted octanol–water partition coefficient (Wildman–Crippen LogP) is 1.41. The number of hydrogen-bond donors (Lipinski definition) is 0. The molecule has 3 nitrogen and oxygen atoms in total. The van der Waals surface area contributed by atoms with Crippen LogP contribution in [0.3, 0.4) is 0 Å². The Morgan fingerprint density at radius 2 is 2.50 bits per heavy atom. The van der Waals surface area contributed by atoms with Crippen molar-refractivity contribution in [2.75, 3.05) is 18.2 Å². The summed E-state index contributed by atoms with van der Waals surface area (Å²) in [7, 11) is 1.45. The fourth-order valence-electron chi connectivity index (χ4n) is 1.56. The highest BCUT2D eigenvalue weighted by atomic mass is 127. The largest absolute Gasteiger partial charge is 0.469 e. The van der Waals surface area contributed by atoms with Gasteiger partial charge < -0.3 is 4.74 Å². The molecule has 0 saturated carbocycles. The number of methoxy groups -OCH3 is 1. The van der Waals surface area contributed by atoms with Gasteiger partial charge in [0.1, 0.15) is 0 Å². The predicted molar refractivity (Wildman–Crippen MR) is 55.2 cm³/mol. The van der Waals surface area contributed by atoms with E-state index in [1.165, 1.54) is 13.5 Å². The van der Waals surface area contributed by atoms with E-state index >= 15 is 0 Å². The molecule has 0 radical (unpaired) electrons. The lowest BCUT2D eigenvalue weighted by molar-refractivity contribution is -0.141. The van der Waals surface area contributed by atoms with Crippen LogP contribution in [0, 0.1) is 0 Å². The van der Waals surface area contributed by atoms with Gasteiger partial charge >= 0.3 is 5.97 Å². The molecule has 0 spiro atoms. The summed E-state index contributed by atoms with van der Waals surface area (Å²) in [6, 6.07) is 0.425. The van der Waals surface area contributed by atoms with Crippen LogP contribution < -0.4 is 0 Å². The van der Waals surface area contributed by atoms with Crippen molar-refractivity contribution in [1.82, 2.24) is 4.90 Å². The van der Waals surface area contributed by atoms with Gasteiger partial charge in [-0.05, 0) is 19.4 Å². The quantitative estimate of drug-likeness (QED) is 0.339. The summed E-state index contributed by atoms with van der Waals surface area (Å²) in [5, 5.41) is 0. The van der Waals surface area contributed by atoms with Gasteiger partial charge in [0.15, 0.2) is 0 Å². The first-order valence-corrected chi connectivity index (χ1v) is 5.67. The Labute approximate surface area is 86.6 Å². The van der Waals surface area contributed by atoms with E-state index in [0.717, 1.165) is 17.5 Å². The van der Waals surface area contributed by atoms with E-state index < -0.39 is 0 Å². The van der Waals surface area contributed by atoms with Gasteiger partial charge in [0, 0.05) is 6.04 Å². The summed E-state index contributed by atoms with van der Waals surface area (Å²) in [4.78, 5) is 13.3. The molecule has 1 rings (SSSR count). The van der Waals surface area contributed by atoms with Crippen LogP contribution in [0.1, 0.15) is 19.3 Å². The summed E-state index contributed by atoms with van der Waals surface area (Å²) in [6.45, 7) is 1.13. The van der Waals surface area contributed by atoms with Crippen molar-refractivity contribution in [3.05, 3.63) is 0 Å². The van der Waals surface area contributed by atoms with Crippen LogP contribution >= 0.6 is 22.6 Å². The summed E-state index contributed by atoms with van der Waals surface area (Å²) >= 11 is 2.34. The zero-order valence-corrected chi connectivity index (χ0v) is 9.41. The molecule has 0 aromatic carbocycles. The van der Waals surface area contributed by atoms with Crippen molar-refractivity contribution in [3.63, 3.8) is 0 Å². The average Bonchev–Trinajstić information content (AvgIpc) is 2.51. The highest BCUT2D eigenvalue weighted by Crippen LogP contribution is 2.20. The second kappa shape index (κ2) is 5.01. The van der Waals surface area contributed by atoms with Gasteiger partial charge in [-0.1, -0.05) is 22.6 Å². The number of ether oxygens (including phenoxy) is 1. The Hall–Kier alpha value is 0.160. The molecule has 0 amide bonds. The number of alkyl halides is 1. The molecule has 1 fully saturated rings. The molecule has 1 unspecified atom stereocenters. The van der Waals surface area contributed by atoms with E-state index in [-0.39, 0.29) is 5.97 Å². The minimum absolute atomic E-state index is 0.0863. The van der Waals surface area contributed by atoms with Crippen LogP contribution in [0.15, 0.2) is 0 Å². The van der Waals surface area contributed by atoms with Crippen molar-refractivity contribution < 1.29 is 9.53 Å². The minimum atomic E-state index is -0.0863. The molecule has 0 N–H and O–H groups in total. The van der Waals surface area contributed by atoms with Crippen LogP contribution in [0.5, 0.6) is 0 Å². The van der Waals surface area contributed by atoms with Gasteiger partial charge in [0.25, 0.3) is 0 Å². The molecule has 0 aromatic rings. The third-order valence-corrected chi connectivity index (χ3v) is 3.16. The summed E-state index contributed by atoms with van der Waals surface area (Å²) in [6.07, 6.45) is 2.91. The van der Waals surface area contributed by atoms with E-state index in [0.29, 0.717) is 12.5 Å². The molecular weight excluding hydrogens is 269 g/mol. The summed E-state index contributed by atoms with van der Waals surface area (Å²) in [5.41, 5.74) is 0. The van der Waals surface area contributed by atoms with E-state index in [2.05, 4.69) is 32.2 Å². The molecule has 1 saturated heterocycles. The van der Waals surface area contributed by atoms with Crippen molar-refractivity contribution in [3.8, 4) is 0 Å². The Balaban J connectivity index is 2.35. The van der Waals surface area contributed by atoms with Crippen LogP contribution in [0.25, 0.3) is 0 Å². The van der Waals surface area contributed by atoms with Crippen LogP contribution in [0.4, 0.5) is 0 Å². The molecular formula is C8H14INO2. The van der Waals surface area contributed by atoms with Crippen LogP contribution in [0.2, 0.25) is 0 Å². The number of likely N-dealkylation sites (tertiary alicyclic amines) is 1. The number of esters is 1. The van der Waals surface area contributed by atoms with Gasteiger partial charge in [0.2, 0.25) is 0 Å². The zero-order chi connectivity index (χ0) is 8.97. The van der Waals surface area contributed by atoms with Crippen LogP contribution in [-0.2, 0) is 9.53 Å². The molecule has 1 atom stereocenters. The molecule has 0 aromatic heterocycles. The normalized spacial score (nSPS) is 24.3. The Kier molecular flexibility index (Phi) is 4.28. The van der Waals surface area contributed by atoms with Gasteiger partial charge in [-0.25, -0.2) is 0 Å². The molecule has 1 aliphatic rings. The minimum Gasteiger partial charge on any atom is -0.469 e. The van der Waals surface area contributed by atoms with Crippen LogP contribution in [-0.4, -0.2) is 35.1 Å². The van der Waals surface area contributed by atoms with Crippen molar-refractivity contribution in [2.24, 2.45) is 0 Å². The number of halogens is 1. The number of hydrogen-bond acceptors (Lipinski definition) is 3. The van der Waals surface area contributed by atoms with E-state index in [4.69, 9.17) is 0 Å². The fourth-order valence-corrected chi connectivity index (χ4v) is 2.46. The molecule has 0 aliphatic carbocycles. The number of nitrogens with zero attached hydrogens (tertiary/aromatic N) is 1. The number of carbonyl (C=O) groups excluding carboxylic acids is 1. The van der Waals surface area contributed by atoms with Gasteiger partial charge in [-0.3, -0.25) is 9.69 Å². The standard InChI is InChI=1S/C8H14INO2/c1-12-8(11)5-7-3-2-4-10(7)6-9/h7H,2-6H2,1H3. The summed E-state index contributed by atoms with van der Waals surface area (Å²) < 4.78 is 5.65. The maximum absolute atomic E-state index is 11.0. The van der Waals surface area contributed by atoms with Crippen molar-refractivity contribution in [2.45, 2.75) is 25.3 Å². The number of carbonyl (C=O) groups is 1. The maximum Gasteiger partial charge on any atom is 0.307 e. The smallest absolute Gasteiger partial charge is 0.307 e. The van der Waals surface area contributed by atoms with E-state index in [9.17, 15) is 4.79 Å². The lowest BCUT2D eigenvalue weighted by Gasteiger charge is -2.20. The third-order valence-electron chi connectivity index (χ3n) is 2.28. The molecule has 1 heterocycles. The lowest BCUT2D eigenvalue weighted by Crippen LogP contribution is -2.30. The summed E-state index contributed by atoms with van der Waals surface area (Å²) in [5.74, 6) is -0.0863.